The highest BCUT2D eigenvalue weighted by Gasteiger charge is 2.50. The van der Waals surface area contributed by atoms with Crippen molar-refractivity contribution < 1.29 is 45.1 Å². The monoisotopic (exact) mass is 603 g/mol. The summed E-state index contributed by atoms with van der Waals surface area (Å²) in [6.07, 6.45) is -8.88. The maximum absolute atomic E-state index is 14.0. The molecule has 230 valence electrons. The van der Waals surface area contributed by atoms with Crippen LogP contribution >= 0.6 is 0 Å². The lowest BCUT2D eigenvalue weighted by atomic mass is 9.78. The first-order valence-electron chi connectivity index (χ1n) is 13.4. The molecule has 0 aliphatic carbocycles. The van der Waals surface area contributed by atoms with Crippen LogP contribution in [0.3, 0.4) is 0 Å². The Bertz CT molecular complexity index is 1330. The lowest BCUT2D eigenvalue weighted by molar-refractivity contribution is -0.145. The molecule has 2 aliphatic rings. The number of hydrogen-bond donors (Lipinski definition) is 2. The van der Waals surface area contributed by atoms with E-state index in [0.29, 0.717) is 48.9 Å². The highest BCUT2D eigenvalue weighted by Crippen LogP contribution is 2.44. The van der Waals surface area contributed by atoms with Crippen molar-refractivity contribution in [2.75, 3.05) is 13.7 Å². The van der Waals surface area contributed by atoms with Gasteiger partial charge in [0.05, 0.1) is 29.8 Å². The van der Waals surface area contributed by atoms with Gasteiger partial charge in [0.2, 0.25) is 5.91 Å². The average molecular weight is 604 g/mol. The van der Waals surface area contributed by atoms with E-state index in [4.69, 9.17) is 10.5 Å². The number of rotatable bonds is 5. The van der Waals surface area contributed by atoms with E-state index in [1.165, 1.54) is 37.1 Å². The van der Waals surface area contributed by atoms with Crippen LogP contribution in [-0.4, -0.2) is 47.6 Å². The molecule has 4 atom stereocenters. The number of halogens is 7. The third-order valence-electron chi connectivity index (χ3n) is 8.23. The van der Waals surface area contributed by atoms with Gasteiger partial charge in [-0.05, 0) is 93.0 Å². The number of alkyl halides is 6. The average Bonchev–Trinajstić information content (AvgIpc) is 3.29. The molecule has 2 aromatic carbocycles. The number of nitrogens with zero attached hydrogens (tertiary/aromatic N) is 1. The highest BCUT2D eigenvalue weighted by molar-refractivity contribution is 5.87. The quantitative estimate of drug-likeness (QED) is 0.351. The molecule has 2 aliphatic heterocycles. The fourth-order valence-electron chi connectivity index (χ4n) is 6.17. The summed E-state index contributed by atoms with van der Waals surface area (Å²) in [5.41, 5.74) is 1.70. The SMILES string of the molecule is COC(=O)[C@H]1CC[C@@]2(CCN(C(=O)C(C)(N)Cc3cc(C(F)(F)F)cc(C(F)(F)F)c3)[C@@H](c3ccc(F)cc3C)C2)N1. The molecular weight excluding hydrogens is 571 g/mol. The van der Waals surface area contributed by atoms with Crippen molar-refractivity contribution in [1.82, 2.24) is 10.2 Å². The Hall–Kier alpha value is -3.19. The van der Waals surface area contributed by atoms with Crippen LogP contribution in [0.2, 0.25) is 0 Å². The summed E-state index contributed by atoms with van der Waals surface area (Å²) in [6.45, 7) is 3.07. The summed E-state index contributed by atoms with van der Waals surface area (Å²) in [5.74, 6) is -1.59. The standard InChI is InChI=1S/C29H32F7N3O3/c1-16-10-20(30)4-5-21(16)23-15-27(7-6-22(38-27)24(40)42-3)8-9-39(23)25(41)26(2,37)14-17-11-18(28(31,32)33)13-19(12-17)29(34,35)36/h4-5,10-13,22-23,38H,6-9,14-15,37H2,1-3H3/t22-,23-,26?,27+/m1/s1. The highest BCUT2D eigenvalue weighted by atomic mass is 19.4. The van der Waals surface area contributed by atoms with E-state index in [-0.39, 0.29) is 12.6 Å². The van der Waals surface area contributed by atoms with Gasteiger partial charge in [0.1, 0.15) is 11.9 Å². The molecule has 0 saturated carbocycles. The number of nitrogens with one attached hydrogen (secondary N) is 1. The van der Waals surface area contributed by atoms with Crippen molar-refractivity contribution in [3.63, 3.8) is 0 Å². The summed E-state index contributed by atoms with van der Waals surface area (Å²) in [5, 5.41) is 3.34. The first-order chi connectivity index (χ1) is 19.3. The first-order valence-corrected chi connectivity index (χ1v) is 13.4. The first kappa shape index (κ1) is 31.7. The number of amides is 1. The van der Waals surface area contributed by atoms with Crippen LogP contribution in [0.5, 0.6) is 0 Å². The molecule has 0 bridgehead atoms. The number of methoxy groups -OCH3 is 1. The molecule has 4 rings (SSSR count). The third kappa shape index (κ3) is 6.56. The molecule has 42 heavy (non-hydrogen) atoms. The minimum Gasteiger partial charge on any atom is -0.468 e. The van der Waals surface area contributed by atoms with E-state index in [2.05, 4.69) is 5.32 Å². The molecular formula is C29H32F7N3O3. The van der Waals surface area contributed by atoms with Gasteiger partial charge in [0.25, 0.3) is 0 Å². The Balaban J connectivity index is 1.68. The van der Waals surface area contributed by atoms with Crippen molar-refractivity contribution in [3.05, 3.63) is 70.0 Å². The van der Waals surface area contributed by atoms with Crippen LogP contribution in [-0.2, 0) is 33.1 Å². The Morgan fingerprint density at radius 1 is 1.05 bits per heavy atom. The topological polar surface area (TPSA) is 84.7 Å². The molecule has 2 saturated heterocycles. The van der Waals surface area contributed by atoms with Crippen LogP contribution in [0.25, 0.3) is 0 Å². The van der Waals surface area contributed by atoms with Gasteiger partial charge in [-0.2, -0.15) is 26.3 Å². The Morgan fingerprint density at radius 3 is 2.21 bits per heavy atom. The van der Waals surface area contributed by atoms with Crippen LogP contribution < -0.4 is 11.1 Å². The molecule has 2 heterocycles. The van der Waals surface area contributed by atoms with Gasteiger partial charge in [0.15, 0.2) is 0 Å². The molecule has 0 aromatic heterocycles. The molecule has 2 fully saturated rings. The largest absolute Gasteiger partial charge is 0.468 e. The third-order valence-corrected chi connectivity index (χ3v) is 8.23. The summed E-state index contributed by atoms with van der Waals surface area (Å²) in [4.78, 5) is 27.6. The van der Waals surface area contributed by atoms with Crippen molar-refractivity contribution in [1.29, 1.82) is 0 Å². The molecule has 6 nitrogen and oxygen atoms in total. The Labute approximate surface area is 238 Å². The number of ether oxygens (including phenoxy) is 1. The summed E-state index contributed by atoms with van der Waals surface area (Å²) >= 11 is 0. The van der Waals surface area contributed by atoms with Crippen molar-refractivity contribution in [3.8, 4) is 0 Å². The number of hydrogen-bond acceptors (Lipinski definition) is 5. The van der Waals surface area contributed by atoms with Gasteiger partial charge < -0.3 is 15.4 Å². The van der Waals surface area contributed by atoms with Crippen LogP contribution in [0.4, 0.5) is 30.7 Å². The van der Waals surface area contributed by atoms with Crippen LogP contribution in [0.1, 0.15) is 66.5 Å². The summed E-state index contributed by atoms with van der Waals surface area (Å²) in [6, 6.07) is 4.04. The van der Waals surface area contributed by atoms with Gasteiger partial charge in [-0.1, -0.05) is 6.07 Å². The fraction of sp³-hybridized carbons (Fsp3) is 0.517. The number of esters is 1. The van der Waals surface area contributed by atoms with Crippen molar-refractivity contribution in [2.45, 2.75) is 81.5 Å². The second kappa shape index (κ2) is 11.1. The van der Waals surface area contributed by atoms with E-state index >= 15 is 0 Å². The number of nitrogens with two attached hydrogens (primary N) is 1. The minimum absolute atomic E-state index is 0.0206. The van der Waals surface area contributed by atoms with E-state index in [0.717, 1.165) is 0 Å². The van der Waals surface area contributed by atoms with Gasteiger partial charge in [-0.25, -0.2) is 4.39 Å². The predicted molar refractivity (Wildman–Crippen MR) is 138 cm³/mol. The smallest absolute Gasteiger partial charge is 0.416 e. The molecule has 2 aromatic rings. The molecule has 1 spiro atoms. The van der Waals surface area contributed by atoms with Crippen LogP contribution in [0.15, 0.2) is 36.4 Å². The fourth-order valence-corrected chi connectivity index (χ4v) is 6.17. The zero-order chi connectivity index (χ0) is 31.3. The van der Waals surface area contributed by atoms with Gasteiger partial charge >= 0.3 is 18.3 Å². The lowest BCUT2D eigenvalue weighted by Crippen LogP contribution is -2.61. The zero-order valence-electron chi connectivity index (χ0n) is 23.3. The van der Waals surface area contributed by atoms with Crippen molar-refractivity contribution >= 4 is 11.9 Å². The zero-order valence-corrected chi connectivity index (χ0v) is 23.3. The molecule has 3 N–H and O–H groups in total. The molecule has 13 heteroatoms. The van der Waals surface area contributed by atoms with Crippen molar-refractivity contribution in [2.24, 2.45) is 5.73 Å². The maximum Gasteiger partial charge on any atom is 0.416 e. The summed E-state index contributed by atoms with van der Waals surface area (Å²) < 4.78 is 99.5. The van der Waals surface area contributed by atoms with Gasteiger partial charge in [0, 0.05) is 12.1 Å². The number of carbonyl (C=O) groups excluding carboxylic acids is 2. The second-order valence-corrected chi connectivity index (χ2v) is 11.5. The van der Waals surface area contributed by atoms with Gasteiger partial charge in [-0.3, -0.25) is 14.9 Å². The van der Waals surface area contributed by atoms with E-state index in [1.54, 1.807) is 6.92 Å². The Kier molecular flexibility index (Phi) is 8.42. The van der Waals surface area contributed by atoms with E-state index < -0.39 is 76.3 Å². The molecule has 1 unspecified atom stereocenters. The number of likely N-dealkylation sites (tertiary alicyclic amines) is 1. The summed E-state index contributed by atoms with van der Waals surface area (Å²) in [7, 11) is 1.28. The molecule has 1 amide bonds. The number of carbonyl (C=O) groups is 2. The normalized spacial score (nSPS) is 24.5. The van der Waals surface area contributed by atoms with E-state index in [9.17, 15) is 40.3 Å². The van der Waals surface area contributed by atoms with E-state index in [1.807, 2.05) is 0 Å². The minimum atomic E-state index is -5.05. The number of benzene rings is 2. The van der Waals surface area contributed by atoms with Crippen LogP contribution in [0, 0.1) is 12.7 Å². The Morgan fingerprint density at radius 2 is 1.67 bits per heavy atom. The van der Waals surface area contributed by atoms with Gasteiger partial charge in [-0.15, -0.1) is 0 Å². The number of aryl methyl sites for hydroxylation is 1. The predicted octanol–water partition coefficient (Wildman–Crippen LogP) is 5.46. The maximum atomic E-state index is 14.0. The molecule has 0 radical (unpaired) electrons. The second-order valence-electron chi connectivity index (χ2n) is 11.5. The lowest BCUT2D eigenvalue weighted by Gasteiger charge is -2.48. The number of piperidine rings is 1.